The fourth-order valence-electron chi connectivity index (χ4n) is 2.88. The van der Waals surface area contributed by atoms with Crippen LogP contribution in [-0.4, -0.2) is 49.7 Å². The minimum Gasteiger partial charge on any atom is -0.471 e. The monoisotopic (exact) mass is 392 g/mol. The van der Waals surface area contributed by atoms with Gasteiger partial charge >= 0.3 is 0 Å². The molecule has 27 heavy (non-hydrogen) atoms. The van der Waals surface area contributed by atoms with Gasteiger partial charge in [0, 0.05) is 24.5 Å². The summed E-state index contributed by atoms with van der Waals surface area (Å²) in [6.07, 6.45) is 3.77. The van der Waals surface area contributed by atoms with Crippen LogP contribution in [0.5, 0.6) is 0 Å². The smallest absolute Gasteiger partial charge is 0.292 e. The molecule has 0 saturated heterocycles. The van der Waals surface area contributed by atoms with E-state index in [1.165, 1.54) is 25.1 Å². The van der Waals surface area contributed by atoms with E-state index in [0.717, 1.165) is 18.5 Å². The number of carbonyl (C=O) groups is 3. The van der Waals surface area contributed by atoms with Gasteiger partial charge in [-0.25, -0.2) is 4.98 Å². The normalized spacial score (nSPS) is 21.2. The molecule has 2 atom stereocenters. The SMILES string of the molecule is CNc1ccc(C(=O)C2CCCC3=C(SC(NC)N3)C2=O)cn1.COC=O. The zero-order valence-corrected chi connectivity index (χ0v) is 16.4. The number of pyridine rings is 1. The van der Waals surface area contributed by atoms with E-state index in [1.807, 2.05) is 7.05 Å². The van der Waals surface area contributed by atoms with Gasteiger partial charge in [0.05, 0.1) is 17.9 Å². The first-order valence-electron chi connectivity index (χ1n) is 8.58. The number of Topliss-reactive ketones (excluding diaryl/α,β-unsaturated/α-hetero) is 2. The van der Waals surface area contributed by atoms with Gasteiger partial charge in [-0.15, -0.1) is 0 Å². The lowest BCUT2D eigenvalue weighted by Crippen LogP contribution is -2.32. The molecule has 2 aliphatic rings. The molecule has 1 aliphatic carbocycles. The van der Waals surface area contributed by atoms with Crippen LogP contribution in [0.1, 0.15) is 29.6 Å². The number of aromatic nitrogens is 1. The number of hydrogen-bond donors (Lipinski definition) is 3. The molecule has 3 N–H and O–H groups in total. The quantitative estimate of drug-likeness (QED) is 0.390. The lowest BCUT2D eigenvalue weighted by molar-refractivity contribution is -0.126. The second-order valence-corrected chi connectivity index (χ2v) is 7.04. The molecule has 0 bridgehead atoms. The number of carbonyl (C=O) groups excluding carboxylic acids is 3. The highest BCUT2D eigenvalue weighted by atomic mass is 32.2. The first-order chi connectivity index (χ1) is 13.0. The summed E-state index contributed by atoms with van der Waals surface area (Å²) in [6.45, 7) is 0.375. The maximum absolute atomic E-state index is 12.8. The molecule has 3 rings (SSSR count). The average Bonchev–Trinajstić information content (AvgIpc) is 3.07. The zero-order chi connectivity index (χ0) is 19.8. The van der Waals surface area contributed by atoms with Gasteiger partial charge in [0.25, 0.3) is 6.47 Å². The molecule has 2 heterocycles. The molecule has 0 saturated carbocycles. The number of rotatable bonds is 5. The Kier molecular flexibility index (Phi) is 7.81. The van der Waals surface area contributed by atoms with Gasteiger partial charge in [-0.1, -0.05) is 11.8 Å². The molecule has 0 spiro atoms. The van der Waals surface area contributed by atoms with Gasteiger partial charge in [0.1, 0.15) is 11.3 Å². The van der Waals surface area contributed by atoms with Gasteiger partial charge in [0.15, 0.2) is 11.6 Å². The third kappa shape index (κ3) is 5.08. The van der Waals surface area contributed by atoms with Crippen molar-refractivity contribution in [1.82, 2.24) is 15.6 Å². The van der Waals surface area contributed by atoms with Crippen molar-refractivity contribution < 1.29 is 19.1 Å². The minimum atomic E-state index is -0.602. The molecule has 0 aromatic carbocycles. The summed E-state index contributed by atoms with van der Waals surface area (Å²) in [5.74, 6) is -0.0938. The number of allylic oxidation sites excluding steroid dienone is 2. The molecule has 1 aromatic heterocycles. The van der Waals surface area contributed by atoms with Crippen molar-refractivity contribution >= 4 is 35.6 Å². The molecule has 1 aromatic rings. The van der Waals surface area contributed by atoms with Gasteiger partial charge in [-0.2, -0.15) is 0 Å². The van der Waals surface area contributed by atoms with Crippen LogP contribution < -0.4 is 16.0 Å². The Labute approximate surface area is 162 Å². The molecular formula is C18H24N4O4S. The molecule has 2 unspecified atom stereocenters. The van der Waals surface area contributed by atoms with E-state index in [2.05, 4.69) is 25.7 Å². The summed E-state index contributed by atoms with van der Waals surface area (Å²) in [6, 6.07) is 3.48. The van der Waals surface area contributed by atoms with Crippen LogP contribution in [0, 0.1) is 5.92 Å². The van der Waals surface area contributed by atoms with Crippen LogP contribution in [-0.2, 0) is 14.3 Å². The second-order valence-electron chi connectivity index (χ2n) is 5.93. The van der Waals surface area contributed by atoms with Crippen LogP contribution in [0.15, 0.2) is 28.9 Å². The third-order valence-electron chi connectivity index (χ3n) is 4.25. The lowest BCUT2D eigenvalue weighted by Gasteiger charge is -2.15. The summed E-state index contributed by atoms with van der Waals surface area (Å²) in [7, 11) is 4.93. The Bertz CT molecular complexity index is 721. The highest BCUT2D eigenvalue weighted by Crippen LogP contribution is 2.38. The summed E-state index contributed by atoms with van der Waals surface area (Å²) >= 11 is 1.47. The predicted octanol–water partition coefficient (Wildman–Crippen LogP) is 1.52. The zero-order valence-electron chi connectivity index (χ0n) is 15.6. The van der Waals surface area contributed by atoms with Gasteiger partial charge in [-0.3, -0.25) is 19.7 Å². The number of anilines is 1. The second kappa shape index (κ2) is 10.1. The van der Waals surface area contributed by atoms with E-state index in [1.54, 1.807) is 19.2 Å². The Hall–Kier alpha value is -2.39. The number of hydrogen-bond acceptors (Lipinski definition) is 9. The van der Waals surface area contributed by atoms with Crippen molar-refractivity contribution in [2.75, 3.05) is 26.5 Å². The largest absolute Gasteiger partial charge is 0.471 e. The number of ether oxygens (including phenoxy) is 1. The highest BCUT2D eigenvalue weighted by molar-refractivity contribution is 8.04. The van der Waals surface area contributed by atoms with Gasteiger partial charge < -0.3 is 15.4 Å². The number of nitrogens with one attached hydrogen (secondary N) is 3. The molecule has 8 nitrogen and oxygen atoms in total. The van der Waals surface area contributed by atoms with Gasteiger partial charge in [0.2, 0.25) is 0 Å². The van der Waals surface area contributed by atoms with Crippen molar-refractivity contribution in [2.45, 2.75) is 24.8 Å². The molecular weight excluding hydrogens is 368 g/mol. The standard InChI is InChI=1S/C16H20N4O2S.C2H4O2/c1-17-12-7-6-9(8-19-12)13(21)10-4-3-5-11-15(14(10)22)23-16(18-2)20-11;1-4-2-3/h6-8,10,16,18,20H,3-5H2,1-2H3,(H,17,19);2H,1H3. The van der Waals surface area contributed by atoms with Crippen molar-refractivity contribution in [2.24, 2.45) is 5.92 Å². The molecule has 0 fully saturated rings. The van der Waals surface area contributed by atoms with E-state index in [-0.39, 0.29) is 17.1 Å². The van der Waals surface area contributed by atoms with Crippen LogP contribution in [0.3, 0.4) is 0 Å². The molecule has 9 heteroatoms. The van der Waals surface area contributed by atoms with Crippen molar-refractivity contribution in [3.05, 3.63) is 34.5 Å². The fourth-order valence-corrected chi connectivity index (χ4v) is 3.99. The average molecular weight is 392 g/mol. The number of thioether (sulfide) groups is 1. The molecule has 0 amide bonds. The maximum atomic E-state index is 12.8. The summed E-state index contributed by atoms with van der Waals surface area (Å²) < 4.78 is 3.86. The Morgan fingerprint density at radius 1 is 1.41 bits per heavy atom. The fraction of sp³-hybridized carbons (Fsp3) is 0.444. The van der Waals surface area contributed by atoms with Crippen LogP contribution >= 0.6 is 11.8 Å². The van der Waals surface area contributed by atoms with Crippen LogP contribution in [0.4, 0.5) is 5.82 Å². The topological polar surface area (TPSA) is 109 Å². The first kappa shape index (κ1) is 20.9. The summed E-state index contributed by atoms with van der Waals surface area (Å²) in [4.78, 5) is 39.4. The molecule has 0 radical (unpaired) electrons. The van der Waals surface area contributed by atoms with E-state index in [0.29, 0.717) is 29.2 Å². The minimum absolute atomic E-state index is 0.00869. The number of methoxy groups -OCH3 is 1. The Morgan fingerprint density at radius 3 is 2.70 bits per heavy atom. The Morgan fingerprint density at radius 2 is 2.15 bits per heavy atom. The maximum Gasteiger partial charge on any atom is 0.292 e. The van der Waals surface area contributed by atoms with E-state index < -0.39 is 5.92 Å². The van der Waals surface area contributed by atoms with Crippen molar-refractivity contribution in [3.8, 4) is 0 Å². The van der Waals surface area contributed by atoms with E-state index in [9.17, 15) is 9.59 Å². The van der Waals surface area contributed by atoms with E-state index in [4.69, 9.17) is 4.79 Å². The summed E-state index contributed by atoms with van der Waals surface area (Å²) in [5, 5.41) is 9.33. The van der Waals surface area contributed by atoms with Crippen molar-refractivity contribution in [3.63, 3.8) is 0 Å². The highest BCUT2D eigenvalue weighted by Gasteiger charge is 2.37. The first-order valence-corrected chi connectivity index (χ1v) is 9.46. The Balaban J connectivity index is 0.000000596. The molecule has 146 valence electrons. The van der Waals surface area contributed by atoms with Crippen LogP contribution in [0.2, 0.25) is 0 Å². The number of ketones is 2. The van der Waals surface area contributed by atoms with Crippen molar-refractivity contribution in [1.29, 1.82) is 0 Å². The van der Waals surface area contributed by atoms with Crippen LogP contribution in [0.25, 0.3) is 0 Å². The predicted molar refractivity (Wildman–Crippen MR) is 104 cm³/mol. The third-order valence-corrected chi connectivity index (χ3v) is 5.53. The molecule has 1 aliphatic heterocycles. The summed E-state index contributed by atoms with van der Waals surface area (Å²) in [5.41, 5.74) is 1.47. The number of nitrogens with zero attached hydrogens (tertiary/aromatic N) is 1. The van der Waals surface area contributed by atoms with Gasteiger partial charge in [-0.05, 0) is 38.4 Å². The lowest BCUT2D eigenvalue weighted by atomic mass is 9.91. The van der Waals surface area contributed by atoms with E-state index >= 15 is 0 Å².